The van der Waals surface area contributed by atoms with Gasteiger partial charge in [0.2, 0.25) is 0 Å². The molecule has 0 fully saturated rings. The molecule has 0 unspecified atom stereocenters. The molecule has 0 bridgehead atoms. The standard InChI is InChI=1S/C12H17ClFNO.ClH/c1-2-3-4-11(16)12(15)8-5-9(13)7-10(14)6-8;/h5-7,11-12,16H,2-4,15H2,1H3;1H/t11-,12+;/m0./s1. The van der Waals surface area contributed by atoms with Crippen LogP contribution in [0, 0.1) is 5.82 Å². The van der Waals surface area contributed by atoms with Gasteiger partial charge >= 0.3 is 0 Å². The maximum Gasteiger partial charge on any atom is 0.125 e. The van der Waals surface area contributed by atoms with E-state index in [2.05, 4.69) is 0 Å². The Hall–Kier alpha value is -0.350. The average molecular weight is 282 g/mol. The summed E-state index contributed by atoms with van der Waals surface area (Å²) >= 11 is 5.73. The third kappa shape index (κ3) is 5.21. The molecule has 3 N–H and O–H groups in total. The summed E-state index contributed by atoms with van der Waals surface area (Å²) in [7, 11) is 0. The molecule has 1 aromatic rings. The van der Waals surface area contributed by atoms with Crippen LogP contribution in [0.1, 0.15) is 37.8 Å². The van der Waals surface area contributed by atoms with Crippen molar-refractivity contribution < 1.29 is 9.50 Å². The zero-order valence-corrected chi connectivity index (χ0v) is 11.3. The van der Waals surface area contributed by atoms with Gasteiger partial charge in [-0.15, -0.1) is 12.4 Å². The van der Waals surface area contributed by atoms with Crippen molar-refractivity contribution in [1.29, 1.82) is 0 Å². The van der Waals surface area contributed by atoms with Gasteiger partial charge in [-0.2, -0.15) is 0 Å². The van der Waals surface area contributed by atoms with Gasteiger partial charge in [0.15, 0.2) is 0 Å². The molecule has 0 amide bonds. The first-order valence-corrected chi connectivity index (χ1v) is 5.82. The number of benzene rings is 1. The van der Waals surface area contributed by atoms with Crippen LogP contribution in [0.4, 0.5) is 4.39 Å². The van der Waals surface area contributed by atoms with Gasteiger partial charge in [-0.1, -0.05) is 31.4 Å². The van der Waals surface area contributed by atoms with Crippen LogP contribution < -0.4 is 5.73 Å². The number of hydrogen-bond acceptors (Lipinski definition) is 2. The summed E-state index contributed by atoms with van der Waals surface area (Å²) in [5.74, 6) is -0.430. The largest absolute Gasteiger partial charge is 0.391 e. The third-order valence-corrected chi connectivity index (χ3v) is 2.76. The van der Waals surface area contributed by atoms with Crippen LogP contribution in [0.2, 0.25) is 5.02 Å². The molecule has 0 spiro atoms. The number of nitrogens with two attached hydrogens (primary N) is 1. The average Bonchev–Trinajstić information content (AvgIpc) is 2.23. The molecule has 2 atom stereocenters. The van der Waals surface area contributed by atoms with Gasteiger partial charge in [0.1, 0.15) is 5.82 Å². The van der Waals surface area contributed by atoms with Crippen molar-refractivity contribution in [2.45, 2.75) is 38.3 Å². The van der Waals surface area contributed by atoms with E-state index in [-0.39, 0.29) is 12.4 Å². The maximum atomic E-state index is 13.1. The van der Waals surface area contributed by atoms with E-state index in [0.29, 0.717) is 17.0 Å². The quantitative estimate of drug-likeness (QED) is 0.868. The van der Waals surface area contributed by atoms with Crippen LogP contribution in [-0.2, 0) is 0 Å². The molecule has 17 heavy (non-hydrogen) atoms. The van der Waals surface area contributed by atoms with Gasteiger partial charge < -0.3 is 10.8 Å². The Bertz CT molecular complexity index is 329. The molecule has 0 saturated heterocycles. The second-order valence-corrected chi connectivity index (χ2v) is 4.37. The highest BCUT2D eigenvalue weighted by atomic mass is 35.5. The summed E-state index contributed by atoms with van der Waals surface area (Å²) in [6.07, 6.45) is 1.86. The highest BCUT2D eigenvalue weighted by Crippen LogP contribution is 2.22. The topological polar surface area (TPSA) is 46.2 Å². The Labute approximate surface area is 112 Å². The predicted octanol–water partition coefficient (Wildman–Crippen LogP) is 3.45. The fourth-order valence-corrected chi connectivity index (χ4v) is 1.81. The minimum Gasteiger partial charge on any atom is -0.391 e. The Balaban J connectivity index is 0.00000256. The number of hydrogen-bond donors (Lipinski definition) is 2. The Kier molecular flexibility index (Phi) is 7.71. The van der Waals surface area contributed by atoms with Crippen LogP contribution in [0.25, 0.3) is 0 Å². The van der Waals surface area contributed by atoms with Gasteiger partial charge in [-0.3, -0.25) is 0 Å². The molecule has 0 heterocycles. The van der Waals surface area contributed by atoms with Crippen LogP contribution >= 0.6 is 24.0 Å². The van der Waals surface area contributed by atoms with Crippen LogP contribution in [0.15, 0.2) is 18.2 Å². The van der Waals surface area contributed by atoms with Gasteiger partial charge in [0.25, 0.3) is 0 Å². The Morgan fingerprint density at radius 1 is 1.41 bits per heavy atom. The number of rotatable bonds is 5. The van der Waals surface area contributed by atoms with E-state index >= 15 is 0 Å². The lowest BCUT2D eigenvalue weighted by Crippen LogP contribution is -2.26. The molecular formula is C12H18Cl2FNO. The molecule has 1 aromatic carbocycles. The number of unbranched alkanes of at least 4 members (excludes halogenated alkanes) is 1. The van der Waals surface area contributed by atoms with E-state index in [1.807, 2.05) is 6.92 Å². The SMILES string of the molecule is CCCC[C@H](O)[C@H](N)c1cc(F)cc(Cl)c1.Cl. The minimum atomic E-state index is -0.655. The van der Waals surface area contributed by atoms with E-state index < -0.39 is 18.0 Å². The van der Waals surface area contributed by atoms with Crippen molar-refractivity contribution in [2.75, 3.05) is 0 Å². The van der Waals surface area contributed by atoms with Crippen LogP contribution in [0.3, 0.4) is 0 Å². The summed E-state index contributed by atoms with van der Waals surface area (Å²) in [6, 6.07) is 3.53. The molecule has 0 aliphatic carbocycles. The molecule has 98 valence electrons. The number of aliphatic hydroxyl groups is 1. The summed E-state index contributed by atoms with van der Waals surface area (Å²) in [5, 5.41) is 10.1. The van der Waals surface area contributed by atoms with E-state index in [4.69, 9.17) is 17.3 Å². The highest BCUT2D eigenvalue weighted by Gasteiger charge is 2.17. The molecule has 0 aliphatic rings. The van der Waals surface area contributed by atoms with Gasteiger partial charge in [-0.25, -0.2) is 4.39 Å². The first kappa shape index (κ1) is 16.6. The minimum absolute atomic E-state index is 0. The van der Waals surface area contributed by atoms with Crippen molar-refractivity contribution in [3.63, 3.8) is 0 Å². The lowest BCUT2D eigenvalue weighted by Gasteiger charge is -2.19. The van der Waals surface area contributed by atoms with Crippen molar-refractivity contribution in [3.8, 4) is 0 Å². The van der Waals surface area contributed by atoms with E-state index in [1.165, 1.54) is 12.1 Å². The summed E-state index contributed by atoms with van der Waals surface area (Å²) in [4.78, 5) is 0. The van der Waals surface area contributed by atoms with E-state index in [1.54, 1.807) is 6.07 Å². The first-order valence-electron chi connectivity index (χ1n) is 5.44. The van der Waals surface area contributed by atoms with Crippen LogP contribution in [-0.4, -0.2) is 11.2 Å². The molecule has 1 rings (SSSR count). The lowest BCUT2D eigenvalue weighted by molar-refractivity contribution is 0.132. The molecular weight excluding hydrogens is 264 g/mol. The fraction of sp³-hybridized carbons (Fsp3) is 0.500. The second kappa shape index (κ2) is 7.88. The summed E-state index contributed by atoms with van der Waals surface area (Å²) in [6.45, 7) is 2.04. The molecule has 0 saturated carbocycles. The zero-order valence-electron chi connectivity index (χ0n) is 9.70. The van der Waals surface area contributed by atoms with Gasteiger partial charge in [-0.05, 0) is 30.2 Å². The molecule has 0 aromatic heterocycles. The van der Waals surface area contributed by atoms with Gasteiger partial charge in [0, 0.05) is 5.02 Å². The number of halogens is 3. The van der Waals surface area contributed by atoms with E-state index in [9.17, 15) is 9.50 Å². The molecule has 0 aliphatic heterocycles. The fourth-order valence-electron chi connectivity index (χ4n) is 1.58. The van der Waals surface area contributed by atoms with Crippen molar-refractivity contribution in [1.82, 2.24) is 0 Å². The normalized spacial score (nSPS) is 13.9. The first-order chi connectivity index (χ1) is 7.54. The van der Waals surface area contributed by atoms with Crippen molar-refractivity contribution >= 4 is 24.0 Å². The molecule has 0 radical (unpaired) electrons. The highest BCUT2D eigenvalue weighted by molar-refractivity contribution is 6.30. The van der Waals surface area contributed by atoms with E-state index in [0.717, 1.165) is 12.8 Å². The molecule has 5 heteroatoms. The Morgan fingerprint density at radius 2 is 2.06 bits per heavy atom. The van der Waals surface area contributed by atoms with Crippen molar-refractivity contribution in [3.05, 3.63) is 34.6 Å². The smallest absolute Gasteiger partial charge is 0.125 e. The monoisotopic (exact) mass is 281 g/mol. The third-order valence-electron chi connectivity index (χ3n) is 2.54. The number of aliphatic hydroxyl groups excluding tert-OH is 1. The predicted molar refractivity (Wildman–Crippen MR) is 71.1 cm³/mol. The zero-order chi connectivity index (χ0) is 12.1. The van der Waals surface area contributed by atoms with Crippen LogP contribution in [0.5, 0.6) is 0 Å². The second-order valence-electron chi connectivity index (χ2n) is 3.94. The maximum absolute atomic E-state index is 13.1. The van der Waals surface area contributed by atoms with Crippen molar-refractivity contribution in [2.24, 2.45) is 5.73 Å². The summed E-state index contributed by atoms with van der Waals surface area (Å²) < 4.78 is 13.1. The lowest BCUT2D eigenvalue weighted by atomic mass is 9.98. The summed E-state index contributed by atoms with van der Waals surface area (Å²) in [5.41, 5.74) is 6.38. The molecule has 2 nitrogen and oxygen atoms in total. The van der Waals surface area contributed by atoms with Gasteiger partial charge in [0.05, 0.1) is 12.1 Å². The Morgan fingerprint density at radius 3 is 2.59 bits per heavy atom.